The van der Waals surface area contributed by atoms with E-state index >= 15 is 0 Å². The van der Waals surface area contributed by atoms with Gasteiger partial charge in [-0.3, -0.25) is 4.99 Å². The third-order valence-electron chi connectivity index (χ3n) is 2.48. The fourth-order valence-electron chi connectivity index (χ4n) is 1.49. The summed E-state index contributed by atoms with van der Waals surface area (Å²) in [6.45, 7) is 5.01. The van der Waals surface area contributed by atoms with Crippen LogP contribution in [0.3, 0.4) is 0 Å². The van der Waals surface area contributed by atoms with Crippen LogP contribution in [-0.2, 0) is 0 Å². The molecule has 1 rings (SSSR count). The van der Waals surface area contributed by atoms with Crippen LogP contribution in [0.1, 0.15) is 39.5 Å². The largest absolute Gasteiger partial charge is 0.370 e. The Labute approximate surface area is 80.8 Å². The zero-order valence-corrected chi connectivity index (χ0v) is 8.71. The summed E-state index contributed by atoms with van der Waals surface area (Å²) in [6.07, 6.45) is 5.41. The summed E-state index contributed by atoms with van der Waals surface area (Å²) in [5.74, 6) is 1.52. The van der Waals surface area contributed by atoms with Gasteiger partial charge in [-0.2, -0.15) is 0 Å². The van der Waals surface area contributed by atoms with Crippen molar-refractivity contribution in [2.45, 2.75) is 45.6 Å². The van der Waals surface area contributed by atoms with E-state index in [4.69, 9.17) is 5.73 Å². The predicted molar refractivity (Wildman–Crippen MR) is 56.7 cm³/mol. The second-order valence-electron chi connectivity index (χ2n) is 4.15. The van der Waals surface area contributed by atoms with E-state index in [-0.39, 0.29) is 0 Å². The van der Waals surface area contributed by atoms with Crippen molar-refractivity contribution in [3.63, 3.8) is 0 Å². The van der Waals surface area contributed by atoms with E-state index in [9.17, 15) is 0 Å². The van der Waals surface area contributed by atoms with Crippen LogP contribution in [0.25, 0.3) is 0 Å². The highest BCUT2D eigenvalue weighted by Crippen LogP contribution is 2.28. The van der Waals surface area contributed by atoms with Crippen molar-refractivity contribution in [3.8, 4) is 0 Å². The first kappa shape index (κ1) is 10.4. The van der Waals surface area contributed by atoms with Crippen molar-refractivity contribution in [2.75, 3.05) is 6.54 Å². The van der Waals surface area contributed by atoms with Gasteiger partial charge in [0.2, 0.25) is 0 Å². The third-order valence-corrected chi connectivity index (χ3v) is 2.48. The van der Waals surface area contributed by atoms with E-state index < -0.39 is 0 Å². The van der Waals surface area contributed by atoms with Crippen LogP contribution >= 0.6 is 0 Å². The molecule has 1 aliphatic carbocycles. The zero-order valence-electron chi connectivity index (χ0n) is 8.71. The van der Waals surface area contributed by atoms with Gasteiger partial charge in [-0.1, -0.05) is 19.3 Å². The molecule has 3 nitrogen and oxygen atoms in total. The Balaban J connectivity index is 2.07. The smallest absolute Gasteiger partial charge is 0.188 e. The van der Waals surface area contributed by atoms with E-state index in [0.717, 1.165) is 12.5 Å². The fraction of sp³-hybridized carbons (Fsp3) is 0.900. The SMILES string of the molecule is CC(C)NC(N)=NCCC1CCC1. The number of aliphatic imine (C=N–C) groups is 1. The van der Waals surface area contributed by atoms with Crippen molar-refractivity contribution in [3.05, 3.63) is 0 Å². The van der Waals surface area contributed by atoms with Gasteiger partial charge in [-0.05, 0) is 26.2 Å². The fourth-order valence-corrected chi connectivity index (χ4v) is 1.49. The Bertz CT molecular complexity index is 171. The van der Waals surface area contributed by atoms with Crippen LogP contribution in [0.4, 0.5) is 0 Å². The van der Waals surface area contributed by atoms with Gasteiger partial charge >= 0.3 is 0 Å². The van der Waals surface area contributed by atoms with Gasteiger partial charge < -0.3 is 11.1 Å². The van der Waals surface area contributed by atoms with E-state index in [1.54, 1.807) is 0 Å². The monoisotopic (exact) mass is 183 g/mol. The highest BCUT2D eigenvalue weighted by molar-refractivity contribution is 5.77. The maximum Gasteiger partial charge on any atom is 0.188 e. The molecule has 3 N–H and O–H groups in total. The Morgan fingerprint density at radius 1 is 1.54 bits per heavy atom. The van der Waals surface area contributed by atoms with Crippen molar-refractivity contribution >= 4 is 5.96 Å². The van der Waals surface area contributed by atoms with Gasteiger partial charge in [0.1, 0.15) is 0 Å². The maximum absolute atomic E-state index is 5.66. The molecule has 0 saturated heterocycles. The van der Waals surface area contributed by atoms with E-state index in [1.807, 2.05) is 0 Å². The molecule has 0 aromatic carbocycles. The summed E-state index contributed by atoms with van der Waals surface area (Å²) in [5.41, 5.74) is 5.66. The number of guanidine groups is 1. The number of hydrogen-bond donors (Lipinski definition) is 2. The second kappa shape index (κ2) is 5.10. The summed E-state index contributed by atoms with van der Waals surface area (Å²) in [4.78, 5) is 4.27. The third kappa shape index (κ3) is 4.15. The average molecular weight is 183 g/mol. The van der Waals surface area contributed by atoms with Gasteiger partial charge in [-0.25, -0.2) is 0 Å². The molecule has 0 aromatic rings. The van der Waals surface area contributed by atoms with Crippen LogP contribution in [0, 0.1) is 5.92 Å². The van der Waals surface area contributed by atoms with Crippen molar-refractivity contribution < 1.29 is 0 Å². The van der Waals surface area contributed by atoms with Crippen LogP contribution in [0.15, 0.2) is 4.99 Å². The first-order valence-corrected chi connectivity index (χ1v) is 5.25. The van der Waals surface area contributed by atoms with Crippen molar-refractivity contribution in [1.29, 1.82) is 0 Å². The van der Waals surface area contributed by atoms with E-state index in [1.165, 1.54) is 25.7 Å². The Kier molecular flexibility index (Phi) is 4.06. The standard InChI is InChI=1S/C10H21N3/c1-8(2)13-10(11)12-7-6-9-4-3-5-9/h8-9H,3-7H2,1-2H3,(H3,11,12,13). The van der Waals surface area contributed by atoms with Crippen LogP contribution < -0.4 is 11.1 Å². The molecule has 0 amide bonds. The molecule has 0 aromatic heterocycles. The molecule has 1 aliphatic rings. The summed E-state index contributed by atoms with van der Waals surface area (Å²) in [6, 6.07) is 0.382. The van der Waals surface area contributed by atoms with Crippen LogP contribution in [-0.4, -0.2) is 18.5 Å². The topological polar surface area (TPSA) is 50.4 Å². The lowest BCUT2D eigenvalue weighted by Crippen LogP contribution is -2.36. The first-order valence-electron chi connectivity index (χ1n) is 5.25. The number of nitrogens with zero attached hydrogens (tertiary/aromatic N) is 1. The Hall–Kier alpha value is -0.730. The van der Waals surface area contributed by atoms with Gasteiger partial charge in [0.25, 0.3) is 0 Å². The quantitative estimate of drug-likeness (QED) is 0.512. The summed E-state index contributed by atoms with van der Waals surface area (Å²) >= 11 is 0. The van der Waals surface area contributed by atoms with Gasteiger partial charge in [0, 0.05) is 12.6 Å². The normalized spacial score (nSPS) is 18.8. The van der Waals surface area contributed by atoms with Crippen LogP contribution in [0.5, 0.6) is 0 Å². The minimum absolute atomic E-state index is 0.382. The number of nitrogens with two attached hydrogens (primary N) is 1. The van der Waals surface area contributed by atoms with Gasteiger partial charge in [0.15, 0.2) is 5.96 Å². The summed E-state index contributed by atoms with van der Waals surface area (Å²) in [5, 5.41) is 3.08. The lowest BCUT2D eigenvalue weighted by Gasteiger charge is -2.24. The van der Waals surface area contributed by atoms with Crippen molar-refractivity contribution in [2.24, 2.45) is 16.6 Å². The van der Waals surface area contributed by atoms with Gasteiger partial charge in [-0.15, -0.1) is 0 Å². The lowest BCUT2D eigenvalue weighted by atomic mass is 9.83. The van der Waals surface area contributed by atoms with Crippen molar-refractivity contribution in [1.82, 2.24) is 5.32 Å². The highest BCUT2D eigenvalue weighted by Gasteiger charge is 2.16. The lowest BCUT2D eigenvalue weighted by molar-refractivity contribution is 0.300. The average Bonchev–Trinajstić information content (AvgIpc) is 1.92. The zero-order chi connectivity index (χ0) is 9.68. The van der Waals surface area contributed by atoms with E-state index in [2.05, 4.69) is 24.2 Å². The first-order chi connectivity index (χ1) is 6.18. The molecule has 0 bridgehead atoms. The molecule has 0 atom stereocenters. The molecule has 0 heterocycles. The molecule has 0 unspecified atom stereocenters. The summed E-state index contributed by atoms with van der Waals surface area (Å²) in [7, 11) is 0. The predicted octanol–water partition coefficient (Wildman–Crippen LogP) is 1.49. The Morgan fingerprint density at radius 3 is 2.69 bits per heavy atom. The number of nitrogens with one attached hydrogen (secondary N) is 1. The molecule has 1 fully saturated rings. The highest BCUT2D eigenvalue weighted by atomic mass is 15.1. The molecule has 76 valence electrons. The molecular formula is C10H21N3. The summed E-state index contributed by atoms with van der Waals surface area (Å²) < 4.78 is 0. The molecule has 3 heteroatoms. The number of rotatable bonds is 4. The molecule has 13 heavy (non-hydrogen) atoms. The number of hydrogen-bond acceptors (Lipinski definition) is 1. The molecular weight excluding hydrogens is 162 g/mol. The molecule has 0 aliphatic heterocycles. The van der Waals surface area contributed by atoms with Gasteiger partial charge in [0.05, 0.1) is 0 Å². The molecule has 0 spiro atoms. The molecule has 1 saturated carbocycles. The minimum Gasteiger partial charge on any atom is -0.370 e. The Morgan fingerprint density at radius 2 is 2.23 bits per heavy atom. The molecule has 0 radical (unpaired) electrons. The minimum atomic E-state index is 0.382. The van der Waals surface area contributed by atoms with Crippen LogP contribution in [0.2, 0.25) is 0 Å². The maximum atomic E-state index is 5.66. The second-order valence-corrected chi connectivity index (χ2v) is 4.15. The van der Waals surface area contributed by atoms with E-state index in [0.29, 0.717) is 12.0 Å².